The Morgan fingerprint density at radius 1 is 1.50 bits per heavy atom. The van der Waals surface area contributed by atoms with E-state index in [1.165, 1.54) is 16.6 Å². The highest BCUT2D eigenvalue weighted by molar-refractivity contribution is 7.99. The third kappa shape index (κ3) is 3.64. The smallest absolute Gasteiger partial charge is 0.313 e. The number of rotatable bonds is 5. The summed E-state index contributed by atoms with van der Waals surface area (Å²) in [4.78, 5) is 16.4. The summed E-state index contributed by atoms with van der Waals surface area (Å²) < 4.78 is 2.12. The molecule has 0 fully saturated rings. The summed E-state index contributed by atoms with van der Waals surface area (Å²) in [5.41, 5.74) is 1.10. The van der Waals surface area contributed by atoms with E-state index in [4.69, 9.17) is 5.11 Å². The first-order valence-electron chi connectivity index (χ1n) is 6.31. The Kier molecular flexibility index (Phi) is 4.55. The fourth-order valence-corrected chi connectivity index (χ4v) is 3.30. The minimum atomic E-state index is -0.821. The first-order valence-corrected chi connectivity index (χ1v) is 8.17. The van der Waals surface area contributed by atoms with Crippen LogP contribution in [0.5, 0.6) is 0 Å². The van der Waals surface area contributed by atoms with Gasteiger partial charge in [0.1, 0.15) is 0 Å². The van der Waals surface area contributed by atoms with Crippen molar-refractivity contribution in [3.05, 3.63) is 34.3 Å². The van der Waals surface area contributed by atoms with Crippen LogP contribution >= 0.6 is 23.1 Å². The van der Waals surface area contributed by atoms with Crippen molar-refractivity contribution in [2.45, 2.75) is 37.9 Å². The Balaban J connectivity index is 2.32. The monoisotopic (exact) mass is 310 g/mol. The number of carboxylic acid groups (broad SMARTS) is 1. The number of hydrogen-bond donors (Lipinski definition) is 1. The van der Waals surface area contributed by atoms with Crippen molar-refractivity contribution in [2.24, 2.45) is 0 Å². The van der Waals surface area contributed by atoms with Gasteiger partial charge in [-0.25, -0.2) is 4.98 Å². The van der Waals surface area contributed by atoms with Gasteiger partial charge in [0.2, 0.25) is 0 Å². The van der Waals surface area contributed by atoms with Crippen LogP contribution in [0.25, 0.3) is 0 Å². The molecule has 108 valence electrons. The Morgan fingerprint density at radius 3 is 2.80 bits per heavy atom. The molecule has 6 heteroatoms. The standard InChI is InChI=1S/C14H18N2O2S2/c1-14(2,3)11-7-15-13(20-9-12(17)18)16(11)8-10-5-4-6-19-10/h4-7H,8-9H2,1-3H3,(H,17,18). The van der Waals surface area contributed by atoms with Gasteiger partial charge in [-0.3, -0.25) is 4.79 Å². The topological polar surface area (TPSA) is 55.1 Å². The van der Waals surface area contributed by atoms with E-state index in [-0.39, 0.29) is 11.2 Å². The van der Waals surface area contributed by atoms with Crippen LogP contribution in [0.4, 0.5) is 0 Å². The van der Waals surface area contributed by atoms with Crippen molar-refractivity contribution in [1.82, 2.24) is 9.55 Å². The molecule has 0 aromatic carbocycles. The van der Waals surface area contributed by atoms with Crippen molar-refractivity contribution in [1.29, 1.82) is 0 Å². The quantitative estimate of drug-likeness (QED) is 0.859. The minimum Gasteiger partial charge on any atom is -0.481 e. The molecule has 1 N–H and O–H groups in total. The van der Waals surface area contributed by atoms with Crippen molar-refractivity contribution >= 4 is 29.1 Å². The van der Waals surface area contributed by atoms with Crippen LogP contribution in [0.1, 0.15) is 31.3 Å². The van der Waals surface area contributed by atoms with E-state index < -0.39 is 5.97 Å². The van der Waals surface area contributed by atoms with E-state index in [9.17, 15) is 4.79 Å². The van der Waals surface area contributed by atoms with Gasteiger partial charge >= 0.3 is 5.97 Å². The van der Waals surface area contributed by atoms with Gasteiger partial charge in [-0.05, 0) is 11.4 Å². The molecule has 0 amide bonds. The number of imidazole rings is 1. The molecular weight excluding hydrogens is 292 g/mol. The SMILES string of the molecule is CC(C)(C)c1cnc(SCC(=O)O)n1Cc1cccs1. The number of carboxylic acids is 1. The normalized spacial score (nSPS) is 11.8. The van der Waals surface area contributed by atoms with Gasteiger partial charge < -0.3 is 9.67 Å². The largest absolute Gasteiger partial charge is 0.481 e. The van der Waals surface area contributed by atoms with Gasteiger partial charge in [-0.2, -0.15) is 0 Å². The predicted molar refractivity (Wildman–Crippen MR) is 82.7 cm³/mol. The summed E-state index contributed by atoms with van der Waals surface area (Å²) in [6.07, 6.45) is 1.86. The summed E-state index contributed by atoms with van der Waals surface area (Å²) in [5, 5.41) is 11.7. The highest BCUT2D eigenvalue weighted by Gasteiger charge is 2.22. The molecule has 0 radical (unpaired) electrons. The Morgan fingerprint density at radius 2 is 2.25 bits per heavy atom. The molecule has 0 aliphatic carbocycles. The second-order valence-corrected chi connectivity index (χ2v) is 7.50. The summed E-state index contributed by atoms with van der Waals surface area (Å²) in [6.45, 7) is 7.16. The van der Waals surface area contributed by atoms with Gasteiger partial charge in [0.15, 0.2) is 5.16 Å². The van der Waals surface area contributed by atoms with Gasteiger partial charge in [0, 0.05) is 22.2 Å². The van der Waals surface area contributed by atoms with Crippen molar-refractivity contribution < 1.29 is 9.90 Å². The first kappa shape index (κ1) is 15.1. The number of aliphatic carboxylic acids is 1. The van der Waals surface area contributed by atoms with Crippen LogP contribution in [0.3, 0.4) is 0 Å². The summed E-state index contributed by atoms with van der Waals surface area (Å²) in [5.74, 6) is -0.789. The molecule has 2 aromatic heterocycles. The summed E-state index contributed by atoms with van der Waals surface area (Å²) in [6, 6.07) is 4.11. The van der Waals surface area contributed by atoms with Gasteiger partial charge in [0.05, 0.1) is 12.3 Å². The van der Waals surface area contributed by atoms with Crippen molar-refractivity contribution in [3.8, 4) is 0 Å². The highest BCUT2D eigenvalue weighted by Crippen LogP contribution is 2.29. The second-order valence-electron chi connectivity index (χ2n) is 5.52. The fraction of sp³-hybridized carbons (Fsp3) is 0.429. The van der Waals surface area contributed by atoms with E-state index in [1.807, 2.05) is 17.6 Å². The molecule has 0 aliphatic heterocycles. The van der Waals surface area contributed by atoms with Crippen molar-refractivity contribution in [2.75, 3.05) is 5.75 Å². The Bertz CT molecular complexity index is 583. The number of hydrogen-bond acceptors (Lipinski definition) is 4. The fourth-order valence-electron chi connectivity index (χ4n) is 1.91. The van der Waals surface area contributed by atoms with E-state index in [0.29, 0.717) is 0 Å². The number of thiophene rings is 1. The predicted octanol–water partition coefficient (Wildman–Crippen LogP) is 3.47. The second kappa shape index (κ2) is 6.01. The molecule has 20 heavy (non-hydrogen) atoms. The third-order valence-corrected chi connectivity index (χ3v) is 4.64. The lowest BCUT2D eigenvalue weighted by atomic mass is 9.92. The lowest BCUT2D eigenvalue weighted by Crippen LogP contribution is -2.18. The molecule has 0 bridgehead atoms. The molecule has 2 heterocycles. The van der Waals surface area contributed by atoms with Crippen LogP contribution in [0.2, 0.25) is 0 Å². The molecule has 0 saturated heterocycles. The third-order valence-electron chi connectivity index (χ3n) is 2.81. The lowest BCUT2D eigenvalue weighted by Gasteiger charge is -2.21. The van der Waals surface area contributed by atoms with Crippen LogP contribution in [-0.4, -0.2) is 26.4 Å². The highest BCUT2D eigenvalue weighted by atomic mass is 32.2. The van der Waals surface area contributed by atoms with E-state index in [2.05, 4.69) is 36.4 Å². The Hall–Kier alpha value is -1.27. The van der Waals surface area contributed by atoms with E-state index in [1.54, 1.807) is 11.3 Å². The molecule has 0 aliphatic rings. The first-order chi connectivity index (χ1) is 9.38. The van der Waals surface area contributed by atoms with Crippen LogP contribution in [0.15, 0.2) is 28.9 Å². The number of thioether (sulfide) groups is 1. The van der Waals surface area contributed by atoms with Gasteiger partial charge in [-0.1, -0.05) is 38.6 Å². The van der Waals surface area contributed by atoms with Crippen LogP contribution in [-0.2, 0) is 16.8 Å². The number of carbonyl (C=O) groups is 1. The zero-order valence-electron chi connectivity index (χ0n) is 11.8. The van der Waals surface area contributed by atoms with Crippen LogP contribution < -0.4 is 0 Å². The Labute approximate surface area is 126 Å². The number of nitrogens with zero attached hydrogens (tertiary/aromatic N) is 2. The summed E-state index contributed by atoms with van der Waals surface area (Å²) >= 11 is 2.97. The van der Waals surface area contributed by atoms with Crippen LogP contribution in [0, 0.1) is 0 Å². The van der Waals surface area contributed by atoms with E-state index >= 15 is 0 Å². The van der Waals surface area contributed by atoms with Crippen molar-refractivity contribution in [3.63, 3.8) is 0 Å². The van der Waals surface area contributed by atoms with Gasteiger partial charge in [0.25, 0.3) is 0 Å². The molecule has 2 rings (SSSR count). The molecule has 0 spiro atoms. The maximum absolute atomic E-state index is 10.7. The lowest BCUT2D eigenvalue weighted by molar-refractivity contribution is -0.133. The maximum Gasteiger partial charge on any atom is 0.313 e. The summed E-state index contributed by atoms with van der Waals surface area (Å²) in [7, 11) is 0. The minimum absolute atomic E-state index is 0.0215. The molecule has 4 nitrogen and oxygen atoms in total. The maximum atomic E-state index is 10.7. The van der Waals surface area contributed by atoms with E-state index in [0.717, 1.165) is 17.4 Å². The molecule has 2 aromatic rings. The molecule has 0 unspecified atom stereocenters. The van der Waals surface area contributed by atoms with Gasteiger partial charge in [-0.15, -0.1) is 11.3 Å². The average molecular weight is 310 g/mol. The molecule has 0 atom stereocenters. The molecule has 0 saturated carbocycles. The zero-order chi connectivity index (χ0) is 14.8. The molecular formula is C14H18N2O2S2. The number of aromatic nitrogens is 2. The average Bonchev–Trinajstić information content (AvgIpc) is 2.95. The zero-order valence-corrected chi connectivity index (χ0v) is 13.4.